The molecule has 4 heterocycles. The average molecular weight is 589 g/mol. The van der Waals surface area contributed by atoms with Gasteiger partial charge in [-0.25, -0.2) is 24.1 Å². The summed E-state index contributed by atoms with van der Waals surface area (Å²) in [4.78, 5) is 31.5. The van der Waals surface area contributed by atoms with Gasteiger partial charge in [0.2, 0.25) is 0 Å². The number of phosphoric acid groups is 2. The fraction of sp³-hybridized carbons (Fsp3) is 0.688. The van der Waals surface area contributed by atoms with Gasteiger partial charge >= 0.3 is 15.6 Å². The Kier molecular flexibility index (Phi) is 8.51. The van der Waals surface area contributed by atoms with Crippen molar-refractivity contribution in [2.45, 2.75) is 55.2 Å². The molecule has 0 aromatic carbocycles. The number of imidazole rings is 1. The van der Waals surface area contributed by atoms with Crippen molar-refractivity contribution < 1.29 is 72.4 Å². The smallest absolute Gasteiger partial charge is 0.394 e. The second-order valence-electron chi connectivity index (χ2n) is 8.25. The molecule has 2 saturated heterocycles. The lowest BCUT2D eigenvalue weighted by Crippen LogP contribution is -2.58. The van der Waals surface area contributed by atoms with Gasteiger partial charge in [-0.15, -0.1) is 0 Å². The first-order chi connectivity index (χ1) is 17.7. The van der Waals surface area contributed by atoms with Crippen molar-refractivity contribution in [3.8, 4) is 0 Å². The Balaban J connectivity index is 1.38. The van der Waals surface area contributed by atoms with Crippen molar-refractivity contribution in [2.24, 2.45) is 0 Å². The molecule has 0 aliphatic carbocycles. The van der Waals surface area contributed by atoms with Crippen molar-refractivity contribution in [2.75, 3.05) is 18.9 Å². The highest BCUT2D eigenvalue weighted by atomic mass is 31.3. The zero-order chi connectivity index (χ0) is 28.0. The van der Waals surface area contributed by atoms with Crippen molar-refractivity contribution in [1.29, 1.82) is 0 Å². The van der Waals surface area contributed by atoms with Gasteiger partial charge in [-0.2, -0.15) is 4.31 Å². The van der Waals surface area contributed by atoms with Crippen LogP contribution < -0.4 is 5.73 Å². The third-order valence-electron chi connectivity index (χ3n) is 5.69. The molecule has 20 nitrogen and oxygen atoms in total. The Morgan fingerprint density at radius 2 is 1.61 bits per heavy atom. The zero-order valence-corrected chi connectivity index (χ0v) is 20.7. The number of aliphatic hydroxyl groups is 6. The highest BCUT2D eigenvalue weighted by Crippen LogP contribution is 2.61. The number of aliphatic hydroxyl groups excluding tert-OH is 6. The number of ether oxygens (including phenoxy) is 2. The molecule has 0 bridgehead atoms. The molecule has 11 atom stereocenters. The van der Waals surface area contributed by atoms with Gasteiger partial charge in [0.1, 0.15) is 54.6 Å². The van der Waals surface area contributed by atoms with E-state index in [0.717, 1.165) is 6.33 Å². The molecule has 38 heavy (non-hydrogen) atoms. The number of rotatable bonds is 9. The summed E-state index contributed by atoms with van der Waals surface area (Å²) >= 11 is 0. The second kappa shape index (κ2) is 11.0. The van der Waals surface area contributed by atoms with Crippen LogP contribution >= 0.6 is 15.6 Å². The Labute approximate surface area is 212 Å². The van der Waals surface area contributed by atoms with Gasteiger partial charge in [0.05, 0.1) is 19.5 Å². The fourth-order valence-corrected chi connectivity index (χ4v) is 5.94. The topological polar surface area (TPSA) is 312 Å². The molecule has 214 valence electrons. The molecule has 10 N–H and O–H groups in total. The van der Waals surface area contributed by atoms with Crippen molar-refractivity contribution in [3.05, 3.63) is 12.7 Å². The Bertz CT molecular complexity index is 1230. The van der Waals surface area contributed by atoms with Gasteiger partial charge in [-0.1, -0.05) is 0 Å². The van der Waals surface area contributed by atoms with Gasteiger partial charge in [-0.05, 0) is 0 Å². The van der Waals surface area contributed by atoms with Crippen LogP contribution in [-0.2, 0) is 32.0 Å². The van der Waals surface area contributed by atoms with E-state index in [1.54, 1.807) is 0 Å². The summed E-state index contributed by atoms with van der Waals surface area (Å²) in [6.07, 6.45) is -13.3. The van der Waals surface area contributed by atoms with Crippen molar-refractivity contribution in [1.82, 2.24) is 19.5 Å². The molecule has 2 aliphatic heterocycles. The van der Waals surface area contributed by atoms with Crippen LogP contribution in [0.5, 0.6) is 0 Å². The summed E-state index contributed by atoms with van der Waals surface area (Å²) in [5.74, 6) is 0.0411. The largest absolute Gasteiger partial charge is 0.483 e. The molecular weight excluding hydrogens is 564 g/mol. The number of hydrogen-bond donors (Lipinski definition) is 9. The second-order valence-corrected chi connectivity index (χ2v) is 11.2. The Morgan fingerprint density at radius 1 is 0.921 bits per heavy atom. The molecule has 0 saturated carbocycles. The summed E-state index contributed by atoms with van der Waals surface area (Å²) in [7, 11) is -11.0. The standard InChI is InChI=1S/C16H25N5O15P2/c17-13-7-14(19-3-18-13)21(4-20-7)15-11(26)9(24)6(33-15)2-32-37(28,29)36-38(30,31)35-16-12(27)10(25)8(23)5(1-22)34-16/h3-6,8-12,15-16,22-27H,1-2H2,(H,28,29)(H,30,31)(H2,17,18,19)/t5-,6+,8-,9+,10+,11+,12+,15+,16+/m0/s1. The lowest BCUT2D eigenvalue weighted by atomic mass is 10.00. The maximum Gasteiger partial charge on any atom is 0.483 e. The van der Waals surface area contributed by atoms with E-state index in [2.05, 4.69) is 28.3 Å². The first-order valence-corrected chi connectivity index (χ1v) is 13.7. The van der Waals surface area contributed by atoms with E-state index in [9.17, 15) is 44.4 Å². The zero-order valence-electron chi connectivity index (χ0n) is 19.0. The van der Waals surface area contributed by atoms with E-state index in [1.807, 2.05) is 0 Å². The molecule has 0 amide bonds. The number of nitrogen functional groups attached to an aromatic ring is 1. The number of nitrogens with two attached hydrogens (primary N) is 1. The van der Waals surface area contributed by atoms with Gasteiger partial charge in [0, 0.05) is 0 Å². The van der Waals surface area contributed by atoms with Crippen LogP contribution in [0.2, 0.25) is 0 Å². The van der Waals surface area contributed by atoms with Gasteiger partial charge in [0.15, 0.2) is 24.0 Å². The number of hydrogen-bond acceptors (Lipinski definition) is 17. The monoisotopic (exact) mass is 589 g/mol. The highest BCUT2D eigenvalue weighted by Gasteiger charge is 2.49. The molecule has 2 fully saturated rings. The van der Waals surface area contributed by atoms with Crippen LogP contribution in [0.4, 0.5) is 5.82 Å². The minimum absolute atomic E-state index is 0.0411. The van der Waals surface area contributed by atoms with Crippen LogP contribution in [0, 0.1) is 0 Å². The van der Waals surface area contributed by atoms with Crippen LogP contribution in [0.25, 0.3) is 11.2 Å². The Hall–Kier alpha value is -1.71. The predicted octanol–water partition coefficient (Wildman–Crippen LogP) is -3.92. The lowest BCUT2D eigenvalue weighted by Gasteiger charge is -2.39. The normalized spacial score (nSPS) is 37.2. The fourth-order valence-electron chi connectivity index (χ4n) is 3.78. The Morgan fingerprint density at radius 3 is 2.29 bits per heavy atom. The summed E-state index contributed by atoms with van der Waals surface area (Å²) < 4.78 is 49.3. The van der Waals surface area contributed by atoms with E-state index in [1.165, 1.54) is 10.9 Å². The van der Waals surface area contributed by atoms with E-state index >= 15 is 0 Å². The van der Waals surface area contributed by atoms with E-state index < -0.39 is 84.1 Å². The molecule has 0 spiro atoms. The number of fused-ring (bicyclic) bond motifs is 1. The van der Waals surface area contributed by atoms with E-state index in [4.69, 9.17) is 20.3 Å². The molecule has 2 aliphatic rings. The number of aromatic nitrogens is 4. The third-order valence-corrected chi connectivity index (χ3v) is 8.29. The average Bonchev–Trinajstić information content (AvgIpc) is 3.39. The van der Waals surface area contributed by atoms with Crippen LogP contribution in [0.1, 0.15) is 6.23 Å². The molecule has 0 radical (unpaired) electrons. The molecule has 2 unspecified atom stereocenters. The maximum atomic E-state index is 12.3. The quantitative estimate of drug-likeness (QED) is 0.126. The first kappa shape index (κ1) is 29.3. The SMILES string of the molecule is Nc1ncnc2c1ncn2[C@@H]1O[C@H](COP(=O)(O)OP(=O)(O)O[C@H]2O[C@@H](CO)[C@H](O)[C@@H](O)[C@H]2O)[C@@H](O)[C@H]1O. The number of anilines is 1. The van der Waals surface area contributed by atoms with Gasteiger partial charge in [0.25, 0.3) is 0 Å². The van der Waals surface area contributed by atoms with Crippen LogP contribution in [-0.4, -0.2) is 122 Å². The van der Waals surface area contributed by atoms with E-state index in [0.29, 0.717) is 0 Å². The van der Waals surface area contributed by atoms with Crippen molar-refractivity contribution >= 4 is 32.6 Å². The minimum Gasteiger partial charge on any atom is -0.394 e. The predicted molar refractivity (Wildman–Crippen MR) is 117 cm³/mol. The maximum absolute atomic E-state index is 12.3. The summed E-state index contributed by atoms with van der Waals surface area (Å²) in [6.45, 7) is -1.82. The van der Waals surface area contributed by atoms with Gasteiger partial charge < -0.3 is 55.6 Å². The first-order valence-electron chi connectivity index (χ1n) is 10.7. The summed E-state index contributed by atoms with van der Waals surface area (Å²) in [5, 5.41) is 59.2. The summed E-state index contributed by atoms with van der Waals surface area (Å²) in [6, 6.07) is 0. The summed E-state index contributed by atoms with van der Waals surface area (Å²) in [5.41, 5.74) is 6.05. The van der Waals surface area contributed by atoms with Crippen LogP contribution in [0.3, 0.4) is 0 Å². The molecule has 22 heteroatoms. The molecule has 2 aromatic heterocycles. The molecule has 2 aromatic rings. The minimum atomic E-state index is -5.56. The third kappa shape index (κ3) is 5.89. The number of nitrogens with zero attached hydrogens (tertiary/aromatic N) is 4. The molecular formula is C16H25N5O15P2. The lowest BCUT2D eigenvalue weighted by molar-refractivity contribution is -0.280. The highest BCUT2D eigenvalue weighted by molar-refractivity contribution is 7.61. The van der Waals surface area contributed by atoms with E-state index in [-0.39, 0.29) is 17.0 Å². The molecule has 4 rings (SSSR count). The van der Waals surface area contributed by atoms with Gasteiger partial charge in [-0.3, -0.25) is 13.6 Å². The van der Waals surface area contributed by atoms with Crippen molar-refractivity contribution in [3.63, 3.8) is 0 Å². The number of phosphoric ester groups is 2. The van der Waals surface area contributed by atoms with Crippen LogP contribution in [0.15, 0.2) is 12.7 Å².